The Bertz CT molecular complexity index is 260. The molecule has 1 aliphatic rings. The molecule has 1 heterocycles. The van der Waals surface area contributed by atoms with Crippen molar-refractivity contribution in [2.45, 2.75) is 39.2 Å². The zero-order valence-electron chi connectivity index (χ0n) is 7.75. The van der Waals surface area contributed by atoms with Crippen molar-refractivity contribution in [2.75, 3.05) is 0 Å². The lowest BCUT2D eigenvalue weighted by Gasteiger charge is -2.00. The SMILES string of the molecule is CC(C)c1cn[nH][n+]1CC1CC1. The first-order valence-corrected chi connectivity index (χ1v) is 4.70. The van der Waals surface area contributed by atoms with Crippen LogP contribution in [0.15, 0.2) is 6.20 Å². The van der Waals surface area contributed by atoms with E-state index in [0.717, 1.165) is 12.5 Å². The highest BCUT2D eigenvalue weighted by atomic mass is 15.4. The number of aromatic nitrogens is 3. The highest BCUT2D eigenvalue weighted by Gasteiger charge is 2.27. The molecule has 0 bridgehead atoms. The molecular formula is C9H16N3+. The number of hydrogen-bond donors (Lipinski definition) is 1. The van der Waals surface area contributed by atoms with E-state index in [-0.39, 0.29) is 0 Å². The molecule has 0 atom stereocenters. The van der Waals surface area contributed by atoms with Crippen molar-refractivity contribution in [2.24, 2.45) is 5.92 Å². The van der Waals surface area contributed by atoms with Gasteiger partial charge in [0.15, 0.2) is 5.69 Å². The fourth-order valence-electron chi connectivity index (χ4n) is 1.46. The second-order valence-electron chi connectivity index (χ2n) is 3.99. The monoisotopic (exact) mass is 166 g/mol. The molecule has 1 aliphatic carbocycles. The topological polar surface area (TPSA) is 32.6 Å². The fraction of sp³-hybridized carbons (Fsp3) is 0.778. The maximum Gasteiger partial charge on any atom is 0.209 e. The molecule has 0 unspecified atom stereocenters. The first kappa shape index (κ1) is 7.77. The Morgan fingerprint density at radius 2 is 2.42 bits per heavy atom. The van der Waals surface area contributed by atoms with Crippen molar-refractivity contribution < 1.29 is 4.68 Å². The van der Waals surface area contributed by atoms with Crippen LogP contribution in [0.4, 0.5) is 0 Å². The van der Waals surface area contributed by atoms with E-state index in [2.05, 4.69) is 28.8 Å². The summed E-state index contributed by atoms with van der Waals surface area (Å²) in [6, 6.07) is 0. The van der Waals surface area contributed by atoms with E-state index in [9.17, 15) is 0 Å². The molecule has 0 amide bonds. The van der Waals surface area contributed by atoms with Crippen molar-refractivity contribution in [1.29, 1.82) is 0 Å². The molecule has 2 rings (SSSR count). The van der Waals surface area contributed by atoms with Gasteiger partial charge in [-0.2, -0.15) is 4.68 Å². The quantitative estimate of drug-likeness (QED) is 0.673. The Hall–Kier alpha value is -0.860. The van der Waals surface area contributed by atoms with Crippen LogP contribution in [0.1, 0.15) is 38.3 Å². The maximum absolute atomic E-state index is 4.06. The molecule has 3 heteroatoms. The van der Waals surface area contributed by atoms with Crippen LogP contribution in [-0.4, -0.2) is 10.3 Å². The van der Waals surface area contributed by atoms with E-state index in [0.29, 0.717) is 5.92 Å². The van der Waals surface area contributed by atoms with Gasteiger partial charge < -0.3 is 0 Å². The Labute approximate surface area is 72.8 Å². The minimum absolute atomic E-state index is 0.572. The van der Waals surface area contributed by atoms with Gasteiger partial charge in [0, 0.05) is 11.0 Å². The van der Waals surface area contributed by atoms with E-state index in [1.807, 2.05) is 6.20 Å². The molecule has 1 fully saturated rings. The third-order valence-electron chi connectivity index (χ3n) is 2.42. The van der Waals surface area contributed by atoms with Gasteiger partial charge in [-0.25, -0.2) is 0 Å². The molecular weight excluding hydrogens is 150 g/mol. The third kappa shape index (κ3) is 1.49. The van der Waals surface area contributed by atoms with E-state index in [1.54, 1.807) is 0 Å². The van der Waals surface area contributed by atoms with Crippen LogP contribution in [0.5, 0.6) is 0 Å². The van der Waals surface area contributed by atoms with Crippen molar-refractivity contribution in [3.8, 4) is 0 Å². The minimum Gasteiger partial charge on any atom is -0.159 e. The Morgan fingerprint density at radius 3 is 3.00 bits per heavy atom. The van der Waals surface area contributed by atoms with Gasteiger partial charge in [0.2, 0.25) is 6.20 Å². The normalized spacial score (nSPS) is 17.2. The molecule has 0 spiro atoms. The van der Waals surface area contributed by atoms with Gasteiger partial charge in [-0.1, -0.05) is 19.1 Å². The first-order chi connectivity index (χ1) is 5.77. The maximum atomic E-state index is 4.06. The van der Waals surface area contributed by atoms with E-state index >= 15 is 0 Å². The molecule has 0 aromatic carbocycles. The fourth-order valence-corrected chi connectivity index (χ4v) is 1.46. The largest absolute Gasteiger partial charge is 0.209 e. The summed E-state index contributed by atoms with van der Waals surface area (Å²) in [6.45, 7) is 5.54. The zero-order chi connectivity index (χ0) is 8.55. The van der Waals surface area contributed by atoms with Crippen molar-refractivity contribution in [3.63, 3.8) is 0 Å². The smallest absolute Gasteiger partial charge is 0.159 e. The van der Waals surface area contributed by atoms with E-state index < -0.39 is 0 Å². The van der Waals surface area contributed by atoms with Crippen LogP contribution >= 0.6 is 0 Å². The number of rotatable bonds is 3. The average Bonchev–Trinajstić information content (AvgIpc) is 2.66. The third-order valence-corrected chi connectivity index (χ3v) is 2.42. The van der Waals surface area contributed by atoms with Gasteiger partial charge in [0.1, 0.15) is 6.54 Å². The number of nitrogens with one attached hydrogen (secondary N) is 1. The lowest BCUT2D eigenvalue weighted by Crippen LogP contribution is -2.41. The second-order valence-corrected chi connectivity index (χ2v) is 3.99. The van der Waals surface area contributed by atoms with Crippen molar-refractivity contribution >= 4 is 0 Å². The van der Waals surface area contributed by atoms with Crippen molar-refractivity contribution in [1.82, 2.24) is 10.3 Å². The van der Waals surface area contributed by atoms with Gasteiger partial charge in [0.05, 0.1) is 0 Å². The number of aromatic amines is 1. The van der Waals surface area contributed by atoms with Gasteiger partial charge >= 0.3 is 0 Å². The summed E-state index contributed by atoms with van der Waals surface area (Å²) < 4.78 is 2.18. The number of hydrogen-bond acceptors (Lipinski definition) is 1. The summed E-state index contributed by atoms with van der Waals surface area (Å²) in [7, 11) is 0. The molecule has 0 radical (unpaired) electrons. The summed E-state index contributed by atoms with van der Waals surface area (Å²) in [5.74, 6) is 1.48. The van der Waals surface area contributed by atoms with E-state index in [1.165, 1.54) is 18.5 Å². The van der Waals surface area contributed by atoms with Crippen molar-refractivity contribution in [3.05, 3.63) is 11.9 Å². The first-order valence-electron chi connectivity index (χ1n) is 4.70. The van der Waals surface area contributed by atoms with Crippen LogP contribution in [0, 0.1) is 5.92 Å². The predicted molar refractivity (Wildman–Crippen MR) is 45.6 cm³/mol. The minimum atomic E-state index is 0.572. The molecule has 3 nitrogen and oxygen atoms in total. The Balaban J connectivity index is 2.11. The van der Waals surface area contributed by atoms with Gasteiger partial charge in [-0.05, 0) is 18.8 Å². The van der Waals surface area contributed by atoms with Crippen LogP contribution in [0.2, 0.25) is 0 Å². The molecule has 12 heavy (non-hydrogen) atoms. The van der Waals surface area contributed by atoms with E-state index in [4.69, 9.17) is 0 Å². The van der Waals surface area contributed by atoms with Crippen LogP contribution < -0.4 is 4.68 Å². The Kier molecular flexibility index (Phi) is 1.87. The van der Waals surface area contributed by atoms with Gasteiger partial charge in [-0.3, -0.25) is 0 Å². The second kappa shape index (κ2) is 2.88. The highest BCUT2D eigenvalue weighted by molar-refractivity contribution is 4.90. The molecule has 1 N–H and O–H groups in total. The molecule has 0 saturated heterocycles. The van der Waals surface area contributed by atoms with Crippen LogP contribution in [0.25, 0.3) is 0 Å². The molecule has 1 saturated carbocycles. The number of H-pyrrole nitrogens is 1. The van der Waals surface area contributed by atoms with Gasteiger partial charge in [-0.15, -0.1) is 0 Å². The zero-order valence-corrected chi connectivity index (χ0v) is 7.75. The predicted octanol–water partition coefficient (Wildman–Crippen LogP) is 1.23. The standard InChI is InChI=1S/C9H15N3/c1-7(2)9-5-10-11-12(9)6-8-3-4-8/h5,7-8H,3-4,6H2,1-2H3/p+1. The van der Waals surface area contributed by atoms with Crippen LogP contribution in [0.3, 0.4) is 0 Å². The lowest BCUT2D eigenvalue weighted by molar-refractivity contribution is -0.763. The summed E-state index contributed by atoms with van der Waals surface area (Å²) in [4.78, 5) is 0. The molecule has 0 aliphatic heterocycles. The molecule has 1 aromatic rings. The summed E-state index contributed by atoms with van der Waals surface area (Å²) in [5.41, 5.74) is 1.32. The summed E-state index contributed by atoms with van der Waals surface area (Å²) in [6.07, 6.45) is 4.72. The average molecular weight is 166 g/mol. The van der Waals surface area contributed by atoms with Crippen LogP contribution in [-0.2, 0) is 6.54 Å². The number of nitrogens with zero attached hydrogens (tertiary/aromatic N) is 2. The van der Waals surface area contributed by atoms with Gasteiger partial charge in [0.25, 0.3) is 0 Å². The highest BCUT2D eigenvalue weighted by Crippen LogP contribution is 2.28. The summed E-state index contributed by atoms with van der Waals surface area (Å²) in [5, 5.41) is 7.09. The Morgan fingerprint density at radius 1 is 1.67 bits per heavy atom. The summed E-state index contributed by atoms with van der Waals surface area (Å²) >= 11 is 0. The molecule has 66 valence electrons. The molecule has 1 aromatic heterocycles. The lowest BCUT2D eigenvalue weighted by atomic mass is 10.1.